The zero-order chi connectivity index (χ0) is 18.9. The zero-order valence-electron chi connectivity index (χ0n) is 16.2. The highest BCUT2D eigenvalue weighted by Crippen LogP contribution is 2.35. The Kier molecular flexibility index (Phi) is 7.26. The molecule has 0 radical (unpaired) electrons. The van der Waals surface area contributed by atoms with Crippen LogP contribution in [0.3, 0.4) is 0 Å². The van der Waals surface area contributed by atoms with E-state index in [1.54, 1.807) is 0 Å². The fourth-order valence-corrected chi connectivity index (χ4v) is 3.57. The summed E-state index contributed by atoms with van der Waals surface area (Å²) in [4.78, 5) is 0. The number of hydrogen-bond donors (Lipinski definition) is 2. The van der Waals surface area contributed by atoms with Crippen molar-refractivity contribution in [2.75, 3.05) is 24.7 Å². The summed E-state index contributed by atoms with van der Waals surface area (Å²) in [5, 5.41) is 0. The number of anilines is 2. The Labute approximate surface area is 162 Å². The molecule has 2 aromatic rings. The topological polar surface area (TPSA) is 70.5 Å². The molecule has 0 aliphatic carbocycles. The number of hydrogen-bond acceptors (Lipinski definition) is 4. The van der Waals surface area contributed by atoms with Crippen LogP contribution < -0.4 is 20.9 Å². The predicted molar refractivity (Wildman–Crippen MR) is 113 cm³/mol. The Bertz CT molecular complexity index is 669. The molecule has 4 nitrogen and oxygen atoms in total. The summed E-state index contributed by atoms with van der Waals surface area (Å²) in [5.74, 6) is 1.64. The van der Waals surface area contributed by atoms with Gasteiger partial charge < -0.3 is 20.9 Å². The normalized spacial score (nSPS) is 16.9. The van der Waals surface area contributed by atoms with Crippen LogP contribution in [0.5, 0.6) is 11.5 Å². The highest BCUT2D eigenvalue weighted by Gasteiger charge is 2.09. The van der Waals surface area contributed by atoms with Gasteiger partial charge in [0.25, 0.3) is 0 Å². The van der Waals surface area contributed by atoms with Gasteiger partial charge in [-0.15, -0.1) is 0 Å². The summed E-state index contributed by atoms with van der Waals surface area (Å²) >= 11 is 0. The fourth-order valence-electron chi connectivity index (χ4n) is 3.57. The Morgan fingerprint density at radius 1 is 0.519 bits per heavy atom. The smallest absolute Gasteiger partial charge is 0.121 e. The van der Waals surface area contributed by atoms with E-state index in [9.17, 15) is 0 Å². The lowest BCUT2D eigenvalue weighted by Gasteiger charge is -2.13. The Hall–Kier alpha value is -2.36. The molecular weight excluding hydrogens is 336 g/mol. The second-order valence-corrected chi connectivity index (χ2v) is 7.38. The third-order valence-electron chi connectivity index (χ3n) is 5.16. The first-order valence-electron chi connectivity index (χ1n) is 10.3. The summed E-state index contributed by atoms with van der Waals surface area (Å²) in [5.41, 5.74) is 15.8. The molecule has 0 saturated heterocycles. The maximum atomic E-state index is 6.27. The molecule has 3 aliphatic heterocycles. The van der Waals surface area contributed by atoms with Crippen molar-refractivity contribution in [2.24, 2.45) is 0 Å². The number of nitrogens with two attached hydrogens (primary N) is 2. The van der Waals surface area contributed by atoms with E-state index in [4.69, 9.17) is 20.9 Å². The minimum absolute atomic E-state index is 0.679. The summed E-state index contributed by atoms with van der Waals surface area (Å²) in [6.07, 6.45) is 11.2. The van der Waals surface area contributed by atoms with Crippen LogP contribution in [0, 0.1) is 0 Å². The van der Waals surface area contributed by atoms with Gasteiger partial charge in [-0.05, 0) is 37.1 Å². The van der Waals surface area contributed by atoms with Gasteiger partial charge >= 0.3 is 0 Å². The van der Waals surface area contributed by atoms with Crippen molar-refractivity contribution in [1.29, 1.82) is 0 Å². The lowest BCUT2D eigenvalue weighted by atomic mass is 10.0. The number of nitrogen functional groups attached to an aromatic ring is 2. The standard InChI is InChI=1S/C23H32N2O2/c24-22-16-18-10-12-20(22)21-13-11-19(17-23(21)25)27-15-9-7-5-3-1-2-4-6-8-14-26-18/h10-13,16-17H,1-9,14-15,24-25H2. The van der Waals surface area contributed by atoms with Crippen molar-refractivity contribution in [3.05, 3.63) is 36.4 Å². The number of fused-ring (bicyclic) bond motifs is 2. The quantitative estimate of drug-likeness (QED) is 0.577. The molecule has 4 N–H and O–H groups in total. The average molecular weight is 369 g/mol. The van der Waals surface area contributed by atoms with Gasteiger partial charge in [0.05, 0.1) is 13.2 Å². The molecule has 0 spiro atoms. The van der Waals surface area contributed by atoms with Gasteiger partial charge in [-0.1, -0.05) is 44.9 Å². The molecular formula is C23H32N2O2. The van der Waals surface area contributed by atoms with E-state index in [-0.39, 0.29) is 0 Å². The first kappa shape index (κ1) is 19.4. The van der Waals surface area contributed by atoms with Crippen LogP contribution in [-0.4, -0.2) is 13.2 Å². The third-order valence-corrected chi connectivity index (χ3v) is 5.16. The Morgan fingerprint density at radius 2 is 0.889 bits per heavy atom. The molecule has 3 heterocycles. The van der Waals surface area contributed by atoms with Gasteiger partial charge in [-0.3, -0.25) is 0 Å². The van der Waals surface area contributed by atoms with Gasteiger partial charge in [0, 0.05) is 34.6 Å². The van der Waals surface area contributed by atoms with Crippen LogP contribution in [0.2, 0.25) is 0 Å². The van der Waals surface area contributed by atoms with E-state index >= 15 is 0 Å². The van der Waals surface area contributed by atoms with E-state index in [1.165, 1.54) is 44.9 Å². The lowest BCUT2D eigenvalue weighted by molar-refractivity contribution is 0.302. The first-order chi connectivity index (χ1) is 13.2. The predicted octanol–water partition coefficient (Wildman–Crippen LogP) is 5.80. The van der Waals surface area contributed by atoms with Crippen LogP contribution >= 0.6 is 0 Å². The Balaban J connectivity index is 1.74. The molecule has 0 atom stereocenters. The van der Waals surface area contributed by atoms with E-state index < -0.39 is 0 Å². The molecule has 146 valence electrons. The highest BCUT2D eigenvalue weighted by atomic mass is 16.5. The lowest BCUT2D eigenvalue weighted by Crippen LogP contribution is -2.00. The second kappa shape index (κ2) is 10.1. The summed E-state index contributed by atoms with van der Waals surface area (Å²) in [6.45, 7) is 1.49. The monoisotopic (exact) mass is 368 g/mol. The van der Waals surface area contributed by atoms with E-state index in [0.717, 1.165) is 48.7 Å². The minimum Gasteiger partial charge on any atom is -0.494 e. The largest absolute Gasteiger partial charge is 0.494 e. The first-order valence-corrected chi connectivity index (χ1v) is 10.3. The van der Waals surface area contributed by atoms with Crippen LogP contribution in [0.4, 0.5) is 11.4 Å². The van der Waals surface area contributed by atoms with Crippen LogP contribution in [0.1, 0.15) is 57.8 Å². The number of benzene rings is 2. The van der Waals surface area contributed by atoms with Crippen LogP contribution in [0.15, 0.2) is 36.4 Å². The summed E-state index contributed by atoms with van der Waals surface area (Å²) < 4.78 is 11.7. The molecule has 4 bridgehead atoms. The Morgan fingerprint density at radius 3 is 1.26 bits per heavy atom. The molecule has 4 heteroatoms. The molecule has 0 amide bonds. The van der Waals surface area contributed by atoms with Gasteiger partial charge in [-0.2, -0.15) is 0 Å². The van der Waals surface area contributed by atoms with Gasteiger partial charge in [0.2, 0.25) is 0 Å². The molecule has 0 saturated carbocycles. The summed E-state index contributed by atoms with van der Waals surface area (Å²) in [7, 11) is 0. The van der Waals surface area contributed by atoms with Crippen molar-refractivity contribution >= 4 is 11.4 Å². The molecule has 27 heavy (non-hydrogen) atoms. The van der Waals surface area contributed by atoms with Crippen molar-refractivity contribution in [3.63, 3.8) is 0 Å². The van der Waals surface area contributed by atoms with Gasteiger partial charge in [0.15, 0.2) is 0 Å². The van der Waals surface area contributed by atoms with E-state index in [0.29, 0.717) is 11.4 Å². The minimum atomic E-state index is 0.679. The SMILES string of the molecule is Nc1cc2ccc1-c1ccc(cc1N)OCCCCCCCCCCCO2. The molecule has 2 aromatic carbocycles. The maximum absolute atomic E-state index is 6.27. The van der Waals surface area contributed by atoms with Crippen molar-refractivity contribution in [2.45, 2.75) is 57.8 Å². The van der Waals surface area contributed by atoms with Crippen molar-refractivity contribution < 1.29 is 9.47 Å². The molecule has 0 aromatic heterocycles. The van der Waals surface area contributed by atoms with Gasteiger partial charge in [-0.25, -0.2) is 0 Å². The average Bonchev–Trinajstić information content (AvgIpc) is 2.66. The fraction of sp³-hybridized carbons (Fsp3) is 0.478. The molecule has 0 fully saturated rings. The highest BCUT2D eigenvalue weighted by molar-refractivity contribution is 5.85. The number of rotatable bonds is 0. The van der Waals surface area contributed by atoms with Crippen molar-refractivity contribution in [3.8, 4) is 22.6 Å². The van der Waals surface area contributed by atoms with E-state index in [2.05, 4.69) is 0 Å². The zero-order valence-corrected chi connectivity index (χ0v) is 16.2. The molecule has 3 aliphatic rings. The van der Waals surface area contributed by atoms with Crippen LogP contribution in [0.25, 0.3) is 11.1 Å². The van der Waals surface area contributed by atoms with E-state index in [1.807, 2.05) is 36.4 Å². The van der Waals surface area contributed by atoms with Crippen molar-refractivity contribution in [1.82, 2.24) is 0 Å². The second-order valence-electron chi connectivity index (χ2n) is 7.38. The maximum Gasteiger partial charge on any atom is 0.121 e. The molecule has 0 unspecified atom stereocenters. The molecule has 5 rings (SSSR count). The van der Waals surface area contributed by atoms with Crippen LogP contribution in [-0.2, 0) is 0 Å². The third kappa shape index (κ3) is 5.81. The summed E-state index contributed by atoms with van der Waals surface area (Å²) in [6, 6.07) is 11.7. The number of ether oxygens (including phenoxy) is 2. The van der Waals surface area contributed by atoms with Gasteiger partial charge in [0.1, 0.15) is 11.5 Å².